The van der Waals surface area contributed by atoms with E-state index in [1.54, 1.807) is 24.3 Å². The highest BCUT2D eigenvalue weighted by atomic mass is 35.5. The summed E-state index contributed by atoms with van der Waals surface area (Å²) in [6.07, 6.45) is 1.51. The Labute approximate surface area is 128 Å². The lowest BCUT2D eigenvalue weighted by molar-refractivity contribution is -0.0498. The molecule has 0 amide bonds. The van der Waals surface area contributed by atoms with E-state index in [4.69, 9.17) is 16.1 Å². The molecule has 3 aromatic rings. The van der Waals surface area contributed by atoms with E-state index in [-0.39, 0.29) is 17.5 Å². The number of aromatic nitrogens is 3. The molecule has 0 aliphatic heterocycles. The van der Waals surface area contributed by atoms with Crippen LogP contribution in [0.5, 0.6) is 5.75 Å². The van der Waals surface area contributed by atoms with Crippen molar-refractivity contribution in [3.05, 3.63) is 47.7 Å². The molecule has 0 spiro atoms. The van der Waals surface area contributed by atoms with Gasteiger partial charge in [0.05, 0.1) is 0 Å². The highest BCUT2D eigenvalue weighted by Gasteiger charge is 2.12. The number of alkyl halides is 2. The average molecular weight is 324 g/mol. The van der Waals surface area contributed by atoms with Gasteiger partial charge in [-0.05, 0) is 24.3 Å². The number of hydrogen-bond donors (Lipinski definition) is 0. The summed E-state index contributed by atoms with van der Waals surface area (Å²) < 4.78 is 33.9. The van der Waals surface area contributed by atoms with Crippen molar-refractivity contribution < 1.29 is 18.0 Å². The van der Waals surface area contributed by atoms with Crippen LogP contribution >= 0.6 is 11.6 Å². The van der Waals surface area contributed by atoms with Gasteiger partial charge in [0.25, 0.3) is 5.89 Å². The Morgan fingerprint density at radius 1 is 1.14 bits per heavy atom. The van der Waals surface area contributed by atoms with E-state index >= 15 is 0 Å². The maximum atomic E-state index is 12.2. The van der Waals surface area contributed by atoms with Crippen LogP contribution in [0, 0.1) is 0 Å². The lowest BCUT2D eigenvalue weighted by Gasteiger charge is -2.04. The quantitative estimate of drug-likeness (QED) is 0.678. The Kier molecular flexibility index (Phi) is 3.97. The summed E-state index contributed by atoms with van der Waals surface area (Å²) >= 11 is 5.80. The first kappa shape index (κ1) is 14.4. The summed E-state index contributed by atoms with van der Waals surface area (Å²) in [4.78, 5) is 8.06. The van der Waals surface area contributed by atoms with Gasteiger partial charge in [-0.2, -0.15) is 13.8 Å². The first-order valence-electron chi connectivity index (χ1n) is 6.13. The van der Waals surface area contributed by atoms with Gasteiger partial charge in [-0.3, -0.25) is 0 Å². The number of ether oxygens (including phenoxy) is 1. The van der Waals surface area contributed by atoms with Crippen molar-refractivity contribution in [2.24, 2.45) is 0 Å². The topological polar surface area (TPSA) is 61.0 Å². The summed E-state index contributed by atoms with van der Waals surface area (Å²) in [7, 11) is 0. The molecule has 3 rings (SSSR count). The third-order valence-corrected chi connectivity index (χ3v) is 2.92. The molecule has 0 bridgehead atoms. The van der Waals surface area contributed by atoms with E-state index in [0.29, 0.717) is 16.3 Å². The molecule has 0 saturated carbocycles. The fourth-order valence-electron chi connectivity index (χ4n) is 1.80. The van der Waals surface area contributed by atoms with Crippen LogP contribution in [0.2, 0.25) is 5.15 Å². The summed E-state index contributed by atoms with van der Waals surface area (Å²) in [6, 6.07) is 9.28. The molecule has 0 fully saturated rings. The average Bonchev–Trinajstić information content (AvgIpc) is 2.97. The van der Waals surface area contributed by atoms with Gasteiger partial charge in [-0.25, -0.2) is 4.98 Å². The zero-order chi connectivity index (χ0) is 15.5. The second-order valence-corrected chi connectivity index (χ2v) is 4.58. The predicted octanol–water partition coefficient (Wildman–Crippen LogP) is 4.05. The largest absolute Gasteiger partial charge is 0.435 e. The van der Waals surface area contributed by atoms with Crippen LogP contribution in [0.15, 0.2) is 47.1 Å². The van der Waals surface area contributed by atoms with Crippen LogP contribution in [-0.2, 0) is 0 Å². The normalized spacial score (nSPS) is 10.9. The van der Waals surface area contributed by atoms with Crippen LogP contribution in [0.4, 0.5) is 8.78 Å². The smallest absolute Gasteiger partial charge is 0.387 e. The van der Waals surface area contributed by atoms with E-state index in [2.05, 4.69) is 19.9 Å². The number of nitrogens with zero attached hydrogens (tertiary/aromatic N) is 3. The molecule has 112 valence electrons. The Morgan fingerprint density at radius 3 is 2.77 bits per heavy atom. The fourth-order valence-corrected chi connectivity index (χ4v) is 1.98. The Morgan fingerprint density at radius 2 is 2.00 bits per heavy atom. The van der Waals surface area contributed by atoms with Crippen molar-refractivity contribution in [3.63, 3.8) is 0 Å². The highest BCUT2D eigenvalue weighted by Crippen LogP contribution is 2.26. The maximum absolute atomic E-state index is 12.2. The molecule has 0 unspecified atom stereocenters. The molecule has 2 aromatic heterocycles. The summed E-state index contributed by atoms with van der Waals surface area (Å²) in [5.74, 6) is 0.521. The van der Waals surface area contributed by atoms with Crippen molar-refractivity contribution >= 4 is 11.6 Å². The van der Waals surface area contributed by atoms with Crippen molar-refractivity contribution in [1.82, 2.24) is 15.1 Å². The van der Waals surface area contributed by atoms with Gasteiger partial charge in [0.1, 0.15) is 10.9 Å². The van der Waals surface area contributed by atoms with Crippen molar-refractivity contribution in [1.29, 1.82) is 0 Å². The second kappa shape index (κ2) is 6.07. The van der Waals surface area contributed by atoms with Gasteiger partial charge in [0, 0.05) is 17.3 Å². The van der Waals surface area contributed by atoms with Gasteiger partial charge >= 0.3 is 6.61 Å². The molecule has 0 aliphatic rings. The first-order valence-corrected chi connectivity index (χ1v) is 6.50. The van der Waals surface area contributed by atoms with Gasteiger partial charge in [-0.1, -0.05) is 28.9 Å². The first-order chi connectivity index (χ1) is 10.6. The van der Waals surface area contributed by atoms with Crippen molar-refractivity contribution in [3.8, 4) is 28.6 Å². The lowest BCUT2D eigenvalue weighted by atomic mass is 10.2. The predicted molar refractivity (Wildman–Crippen MR) is 74.6 cm³/mol. The Hall–Kier alpha value is -2.54. The Balaban J connectivity index is 1.91. The standard InChI is InChI=1S/C14H8ClF2N3O2/c15-11-7-9(4-5-18-11)13-19-12(20-22-13)8-2-1-3-10(6-8)21-14(16)17/h1-7,14H. The molecule has 5 nitrogen and oxygen atoms in total. The van der Waals surface area contributed by atoms with Crippen molar-refractivity contribution in [2.75, 3.05) is 0 Å². The number of hydrogen-bond acceptors (Lipinski definition) is 5. The van der Waals surface area contributed by atoms with Gasteiger partial charge in [-0.15, -0.1) is 0 Å². The van der Waals surface area contributed by atoms with E-state index in [1.165, 1.54) is 18.3 Å². The minimum Gasteiger partial charge on any atom is -0.435 e. The van der Waals surface area contributed by atoms with Crippen LogP contribution in [-0.4, -0.2) is 21.7 Å². The number of pyridine rings is 1. The molecule has 0 N–H and O–H groups in total. The molecular weight excluding hydrogens is 316 g/mol. The fraction of sp³-hybridized carbons (Fsp3) is 0.0714. The molecule has 8 heteroatoms. The summed E-state index contributed by atoms with van der Waals surface area (Å²) in [5, 5.41) is 4.12. The van der Waals surface area contributed by atoms with Gasteiger partial charge in [0.2, 0.25) is 5.82 Å². The Bertz CT molecular complexity index is 795. The van der Waals surface area contributed by atoms with E-state index in [9.17, 15) is 8.78 Å². The molecule has 0 radical (unpaired) electrons. The number of halogens is 3. The summed E-state index contributed by atoms with van der Waals surface area (Å²) in [5.41, 5.74) is 1.10. The molecule has 22 heavy (non-hydrogen) atoms. The molecule has 0 saturated heterocycles. The molecule has 2 heterocycles. The monoisotopic (exact) mass is 323 g/mol. The third kappa shape index (κ3) is 3.20. The van der Waals surface area contributed by atoms with Gasteiger partial charge in [0.15, 0.2) is 0 Å². The van der Waals surface area contributed by atoms with E-state index in [0.717, 1.165) is 0 Å². The van der Waals surface area contributed by atoms with Gasteiger partial charge < -0.3 is 9.26 Å². The highest BCUT2D eigenvalue weighted by molar-refractivity contribution is 6.29. The minimum absolute atomic E-state index is 0.0193. The maximum Gasteiger partial charge on any atom is 0.387 e. The summed E-state index contributed by atoms with van der Waals surface area (Å²) in [6.45, 7) is -2.89. The SMILES string of the molecule is FC(F)Oc1cccc(-c2noc(-c3ccnc(Cl)c3)n2)c1. The van der Waals surface area contributed by atoms with E-state index in [1.807, 2.05) is 0 Å². The van der Waals surface area contributed by atoms with Crippen LogP contribution in [0.25, 0.3) is 22.8 Å². The number of benzene rings is 1. The molecule has 1 aromatic carbocycles. The minimum atomic E-state index is -2.89. The molecule has 0 atom stereocenters. The molecule has 0 aliphatic carbocycles. The lowest BCUT2D eigenvalue weighted by Crippen LogP contribution is -2.01. The van der Waals surface area contributed by atoms with E-state index < -0.39 is 6.61 Å². The zero-order valence-electron chi connectivity index (χ0n) is 10.9. The molecular formula is C14H8ClF2N3O2. The second-order valence-electron chi connectivity index (χ2n) is 4.20. The zero-order valence-corrected chi connectivity index (χ0v) is 11.7. The van der Waals surface area contributed by atoms with Crippen LogP contribution in [0.3, 0.4) is 0 Å². The van der Waals surface area contributed by atoms with Crippen molar-refractivity contribution in [2.45, 2.75) is 6.61 Å². The van der Waals surface area contributed by atoms with Crippen LogP contribution in [0.1, 0.15) is 0 Å². The third-order valence-electron chi connectivity index (χ3n) is 2.72. The number of rotatable bonds is 4. The van der Waals surface area contributed by atoms with Crippen LogP contribution < -0.4 is 4.74 Å².